The third-order valence-electron chi connectivity index (χ3n) is 6.98. The number of rotatable bonds is 4. The Kier molecular flexibility index (Phi) is 4.55. The van der Waals surface area contributed by atoms with Crippen molar-refractivity contribution >= 4 is 28.5 Å². The molecule has 4 fully saturated rings. The number of phenolic OH excluding ortho intramolecular Hbond substituents is 2. The summed E-state index contributed by atoms with van der Waals surface area (Å²) in [4.78, 5) is 17.4. The van der Waals surface area contributed by atoms with E-state index in [0.717, 1.165) is 23.4 Å². The SMILES string of the molecule is N#C/C(=C\c1ccc(O)c(O)c1)C(=O)Nc1nc(C23CC4CC(CC(C4)C2)C3)cs1. The van der Waals surface area contributed by atoms with Crippen LogP contribution in [0.4, 0.5) is 5.13 Å². The van der Waals surface area contributed by atoms with Crippen molar-refractivity contribution in [3.8, 4) is 17.6 Å². The van der Waals surface area contributed by atoms with Gasteiger partial charge in [0.05, 0.1) is 5.69 Å². The molecule has 0 spiro atoms. The van der Waals surface area contributed by atoms with Gasteiger partial charge in [-0.15, -0.1) is 11.3 Å². The Balaban J connectivity index is 1.33. The van der Waals surface area contributed by atoms with Gasteiger partial charge in [0.2, 0.25) is 0 Å². The molecule has 1 amide bonds. The van der Waals surface area contributed by atoms with Gasteiger partial charge in [-0.1, -0.05) is 6.07 Å². The van der Waals surface area contributed by atoms with Crippen molar-refractivity contribution in [2.24, 2.45) is 17.8 Å². The highest BCUT2D eigenvalue weighted by Crippen LogP contribution is 2.60. The Morgan fingerprint density at radius 1 is 1.17 bits per heavy atom. The molecule has 0 saturated heterocycles. The van der Waals surface area contributed by atoms with E-state index in [4.69, 9.17) is 4.98 Å². The molecule has 6 rings (SSSR count). The summed E-state index contributed by atoms with van der Waals surface area (Å²) >= 11 is 1.41. The van der Waals surface area contributed by atoms with Gasteiger partial charge in [-0.2, -0.15) is 5.26 Å². The van der Waals surface area contributed by atoms with Crippen molar-refractivity contribution in [3.05, 3.63) is 40.4 Å². The number of phenols is 2. The van der Waals surface area contributed by atoms with E-state index in [1.165, 1.54) is 74.1 Å². The van der Waals surface area contributed by atoms with Crippen molar-refractivity contribution in [1.82, 2.24) is 4.98 Å². The number of amides is 1. The van der Waals surface area contributed by atoms with Crippen molar-refractivity contribution < 1.29 is 15.0 Å². The second kappa shape index (κ2) is 7.13. The van der Waals surface area contributed by atoms with Gasteiger partial charge < -0.3 is 10.2 Å². The van der Waals surface area contributed by atoms with E-state index in [-0.39, 0.29) is 22.5 Å². The zero-order chi connectivity index (χ0) is 20.9. The summed E-state index contributed by atoms with van der Waals surface area (Å²) < 4.78 is 0. The van der Waals surface area contributed by atoms with Crippen LogP contribution in [0.25, 0.3) is 6.08 Å². The summed E-state index contributed by atoms with van der Waals surface area (Å²) in [6.07, 6.45) is 9.13. The number of carbonyl (C=O) groups excluding carboxylic acids is 1. The number of carbonyl (C=O) groups is 1. The van der Waals surface area contributed by atoms with E-state index in [0.29, 0.717) is 10.7 Å². The first-order chi connectivity index (χ1) is 14.4. The molecular formula is C23H23N3O3S. The van der Waals surface area contributed by atoms with Crippen molar-refractivity contribution in [3.63, 3.8) is 0 Å². The highest BCUT2D eigenvalue weighted by atomic mass is 32.1. The van der Waals surface area contributed by atoms with Gasteiger partial charge in [0, 0.05) is 10.8 Å². The number of thiazole rings is 1. The van der Waals surface area contributed by atoms with Gasteiger partial charge in [0.25, 0.3) is 5.91 Å². The second-order valence-electron chi connectivity index (χ2n) is 9.11. The number of aromatic hydroxyl groups is 2. The number of nitrogens with one attached hydrogen (secondary N) is 1. The van der Waals surface area contributed by atoms with Crippen LogP contribution in [0, 0.1) is 29.1 Å². The topological polar surface area (TPSA) is 106 Å². The van der Waals surface area contributed by atoms with Crippen LogP contribution >= 0.6 is 11.3 Å². The van der Waals surface area contributed by atoms with Crippen LogP contribution in [0.3, 0.4) is 0 Å². The molecule has 2 aromatic rings. The number of benzene rings is 1. The van der Waals surface area contributed by atoms with Crippen molar-refractivity contribution in [2.45, 2.75) is 43.9 Å². The smallest absolute Gasteiger partial charge is 0.268 e. The zero-order valence-electron chi connectivity index (χ0n) is 16.5. The molecule has 6 nitrogen and oxygen atoms in total. The number of aromatic nitrogens is 1. The third-order valence-corrected chi connectivity index (χ3v) is 7.74. The van der Waals surface area contributed by atoms with Crippen molar-refractivity contribution in [2.75, 3.05) is 5.32 Å². The molecule has 7 heteroatoms. The molecule has 1 aromatic heterocycles. The molecule has 0 radical (unpaired) electrons. The van der Waals surface area contributed by atoms with E-state index in [1.54, 1.807) is 0 Å². The lowest BCUT2D eigenvalue weighted by molar-refractivity contribution is -0.112. The Labute approximate surface area is 178 Å². The molecule has 3 N–H and O–H groups in total. The normalized spacial score (nSPS) is 29.6. The molecule has 1 aromatic carbocycles. The van der Waals surface area contributed by atoms with Gasteiger partial charge in [-0.05, 0) is 80.1 Å². The molecule has 0 unspecified atom stereocenters. The molecule has 0 aliphatic heterocycles. The molecule has 4 bridgehead atoms. The number of nitrogens with zero attached hydrogens (tertiary/aromatic N) is 2. The summed E-state index contributed by atoms with van der Waals surface area (Å²) in [5, 5.41) is 33.8. The summed E-state index contributed by atoms with van der Waals surface area (Å²) in [7, 11) is 0. The highest BCUT2D eigenvalue weighted by molar-refractivity contribution is 7.14. The van der Waals surface area contributed by atoms with Crippen LogP contribution in [-0.4, -0.2) is 21.1 Å². The molecule has 1 heterocycles. The molecule has 4 aliphatic rings. The van der Waals surface area contributed by atoms with Gasteiger partial charge in [0.1, 0.15) is 11.6 Å². The average molecular weight is 422 g/mol. The number of hydrogen-bond donors (Lipinski definition) is 3. The first kappa shape index (κ1) is 19.1. The van der Waals surface area contributed by atoms with Crippen LogP contribution in [0.2, 0.25) is 0 Å². The monoisotopic (exact) mass is 421 g/mol. The first-order valence-corrected chi connectivity index (χ1v) is 11.2. The van der Waals surface area contributed by atoms with E-state index < -0.39 is 5.91 Å². The average Bonchev–Trinajstić information content (AvgIpc) is 3.17. The lowest BCUT2D eigenvalue weighted by atomic mass is 9.49. The second-order valence-corrected chi connectivity index (χ2v) is 9.97. The minimum atomic E-state index is -0.531. The van der Waals surface area contributed by atoms with Crippen molar-refractivity contribution in [1.29, 1.82) is 5.26 Å². The summed E-state index contributed by atoms with van der Waals surface area (Å²) in [5.41, 5.74) is 1.64. The molecule has 0 atom stereocenters. The Bertz CT molecular complexity index is 1050. The largest absolute Gasteiger partial charge is 0.504 e. The quantitative estimate of drug-likeness (QED) is 0.381. The summed E-state index contributed by atoms with van der Waals surface area (Å²) in [6.45, 7) is 0. The number of hydrogen-bond acceptors (Lipinski definition) is 6. The van der Waals surface area contributed by atoms with Crippen LogP contribution in [0.5, 0.6) is 11.5 Å². The lowest BCUT2D eigenvalue weighted by Gasteiger charge is -2.56. The van der Waals surface area contributed by atoms with Gasteiger partial charge in [-0.3, -0.25) is 10.1 Å². The van der Waals surface area contributed by atoms with Crippen LogP contribution in [-0.2, 0) is 10.2 Å². The van der Waals surface area contributed by atoms with E-state index >= 15 is 0 Å². The fourth-order valence-corrected chi connectivity index (χ4v) is 6.94. The maximum absolute atomic E-state index is 12.6. The molecule has 4 aliphatic carbocycles. The summed E-state index contributed by atoms with van der Waals surface area (Å²) in [6, 6.07) is 6.04. The number of nitriles is 1. The van der Waals surface area contributed by atoms with Crippen LogP contribution in [0.15, 0.2) is 29.2 Å². The molecule has 30 heavy (non-hydrogen) atoms. The van der Waals surface area contributed by atoms with Gasteiger partial charge in [0.15, 0.2) is 16.6 Å². The standard InChI is InChI=1S/C23H23N3O3S/c24-11-17(6-13-1-2-18(27)19(28)7-13)21(29)26-22-25-20(12-30-22)23-8-14-3-15(9-23)5-16(4-14)10-23/h1-2,6-7,12,14-16,27-28H,3-5,8-10H2,(H,25,26,29)/b17-6+. The van der Waals surface area contributed by atoms with E-state index in [2.05, 4.69) is 10.7 Å². The lowest BCUT2D eigenvalue weighted by Crippen LogP contribution is -2.48. The Morgan fingerprint density at radius 2 is 1.83 bits per heavy atom. The fraction of sp³-hybridized carbons (Fsp3) is 0.435. The van der Waals surface area contributed by atoms with E-state index in [1.807, 2.05) is 6.07 Å². The maximum Gasteiger partial charge on any atom is 0.268 e. The van der Waals surface area contributed by atoms with Gasteiger partial charge in [-0.25, -0.2) is 4.98 Å². The first-order valence-electron chi connectivity index (χ1n) is 10.4. The van der Waals surface area contributed by atoms with Crippen LogP contribution < -0.4 is 5.32 Å². The van der Waals surface area contributed by atoms with Crippen LogP contribution in [0.1, 0.15) is 49.8 Å². The molecule has 154 valence electrons. The maximum atomic E-state index is 12.6. The molecule has 4 saturated carbocycles. The summed E-state index contributed by atoms with van der Waals surface area (Å²) in [5.74, 6) is 1.38. The molecular weight excluding hydrogens is 398 g/mol. The predicted octanol–water partition coefficient (Wildman–Crippen LogP) is 4.57. The third kappa shape index (κ3) is 3.35. The predicted molar refractivity (Wildman–Crippen MR) is 114 cm³/mol. The highest BCUT2D eigenvalue weighted by Gasteiger charge is 2.52. The van der Waals surface area contributed by atoms with E-state index in [9.17, 15) is 20.3 Å². The Hall–Kier alpha value is -2.85. The fourth-order valence-electron chi connectivity index (χ4n) is 6.11. The number of anilines is 1. The minimum absolute atomic E-state index is 0.0911. The Morgan fingerprint density at radius 3 is 2.43 bits per heavy atom. The zero-order valence-corrected chi connectivity index (χ0v) is 17.3. The van der Waals surface area contributed by atoms with Gasteiger partial charge >= 0.3 is 0 Å². The minimum Gasteiger partial charge on any atom is -0.504 e.